The Balaban J connectivity index is 2.11. The summed E-state index contributed by atoms with van der Waals surface area (Å²) in [6.45, 7) is 4.13. The second kappa shape index (κ2) is 7.68. The number of nitrogens with zero attached hydrogens (tertiary/aromatic N) is 4. The fourth-order valence-corrected chi connectivity index (χ4v) is 3.51. The molecule has 1 aromatic carbocycles. The minimum absolute atomic E-state index is 0.210. The maximum atomic E-state index is 4.68. The summed E-state index contributed by atoms with van der Waals surface area (Å²) in [6, 6.07) is 12.3. The van der Waals surface area contributed by atoms with Gasteiger partial charge >= 0.3 is 0 Å². The number of thiazole rings is 1. The van der Waals surface area contributed by atoms with Gasteiger partial charge in [-0.3, -0.25) is 9.98 Å². The van der Waals surface area contributed by atoms with Gasteiger partial charge in [-0.15, -0.1) is 11.3 Å². The Hall–Kier alpha value is -2.05. The van der Waals surface area contributed by atoms with Gasteiger partial charge in [0.05, 0.1) is 11.9 Å². The van der Waals surface area contributed by atoms with Crippen molar-refractivity contribution < 1.29 is 0 Å². The second-order valence-corrected chi connectivity index (χ2v) is 7.23. The fraction of sp³-hybridized carbons (Fsp3) is 0.167. The molecule has 24 heavy (non-hydrogen) atoms. The van der Waals surface area contributed by atoms with Crippen LogP contribution in [0.15, 0.2) is 68.7 Å². The molecule has 2 aromatic heterocycles. The van der Waals surface area contributed by atoms with Gasteiger partial charge < -0.3 is 0 Å². The first kappa shape index (κ1) is 16.8. The van der Waals surface area contributed by atoms with E-state index in [1.807, 2.05) is 35.2 Å². The van der Waals surface area contributed by atoms with Crippen LogP contribution in [0.4, 0.5) is 0 Å². The topological polar surface area (TPSA) is 42.5 Å². The summed E-state index contributed by atoms with van der Waals surface area (Å²) in [7, 11) is 0. The lowest BCUT2D eigenvalue weighted by Gasteiger charge is -2.04. The lowest BCUT2D eigenvalue weighted by molar-refractivity contribution is 0.754. The molecule has 4 nitrogen and oxygen atoms in total. The Bertz CT molecular complexity index is 910. The van der Waals surface area contributed by atoms with Crippen LogP contribution in [0.3, 0.4) is 0 Å². The molecule has 2 heterocycles. The smallest absolute Gasteiger partial charge is 0.206 e. The monoisotopic (exact) mass is 400 g/mol. The van der Waals surface area contributed by atoms with E-state index >= 15 is 0 Å². The Morgan fingerprint density at radius 2 is 2.00 bits per heavy atom. The molecule has 0 aliphatic carbocycles. The zero-order valence-corrected chi connectivity index (χ0v) is 15.8. The van der Waals surface area contributed by atoms with Crippen molar-refractivity contribution in [2.45, 2.75) is 19.9 Å². The average molecular weight is 401 g/mol. The predicted molar refractivity (Wildman–Crippen MR) is 103 cm³/mol. The maximum absolute atomic E-state index is 4.68. The van der Waals surface area contributed by atoms with E-state index in [1.54, 1.807) is 23.7 Å². The van der Waals surface area contributed by atoms with Gasteiger partial charge in [0.2, 0.25) is 4.80 Å². The normalized spacial score (nSPS) is 12.4. The summed E-state index contributed by atoms with van der Waals surface area (Å²) < 4.78 is 2.94. The molecule has 122 valence electrons. The quantitative estimate of drug-likeness (QED) is 0.591. The van der Waals surface area contributed by atoms with Gasteiger partial charge in [-0.1, -0.05) is 28.1 Å². The largest absolute Gasteiger partial charge is 0.265 e. The Morgan fingerprint density at radius 1 is 1.21 bits per heavy atom. The number of rotatable bonds is 4. The summed E-state index contributed by atoms with van der Waals surface area (Å²) in [5.74, 6) is 0. The first-order valence-electron chi connectivity index (χ1n) is 7.58. The zero-order valence-electron chi connectivity index (χ0n) is 13.4. The minimum Gasteiger partial charge on any atom is -0.265 e. The van der Waals surface area contributed by atoms with E-state index in [0.29, 0.717) is 0 Å². The zero-order chi connectivity index (χ0) is 16.9. The molecular weight excluding hydrogens is 384 g/mol. The molecule has 0 atom stereocenters. The molecule has 0 unspecified atom stereocenters. The van der Waals surface area contributed by atoms with Crippen LogP contribution in [0.1, 0.15) is 19.4 Å². The van der Waals surface area contributed by atoms with Crippen LogP contribution in [0.25, 0.3) is 11.3 Å². The van der Waals surface area contributed by atoms with E-state index < -0.39 is 0 Å². The van der Waals surface area contributed by atoms with Crippen molar-refractivity contribution in [2.24, 2.45) is 10.1 Å². The van der Waals surface area contributed by atoms with Gasteiger partial charge in [-0.25, -0.2) is 4.68 Å². The minimum atomic E-state index is 0.210. The Labute approximate surface area is 153 Å². The van der Waals surface area contributed by atoms with Crippen molar-refractivity contribution in [1.82, 2.24) is 9.66 Å². The van der Waals surface area contributed by atoms with Crippen molar-refractivity contribution in [1.29, 1.82) is 0 Å². The lowest BCUT2D eigenvalue weighted by atomic mass is 10.2. The number of aromatic nitrogens is 2. The highest BCUT2D eigenvalue weighted by molar-refractivity contribution is 9.10. The highest BCUT2D eigenvalue weighted by Crippen LogP contribution is 2.23. The van der Waals surface area contributed by atoms with Crippen molar-refractivity contribution in [3.05, 3.63) is 69.0 Å². The summed E-state index contributed by atoms with van der Waals surface area (Å²) in [6.07, 6.45) is 5.34. The van der Waals surface area contributed by atoms with Gasteiger partial charge in [0.1, 0.15) is 0 Å². The molecule has 0 aliphatic rings. The molecule has 0 saturated carbocycles. The lowest BCUT2D eigenvalue weighted by Crippen LogP contribution is -2.14. The van der Waals surface area contributed by atoms with Crippen molar-refractivity contribution in [3.8, 4) is 11.3 Å². The summed E-state index contributed by atoms with van der Waals surface area (Å²) in [5, 5.41) is 6.75. The molecule has 3 aromatic rings. The summed E-state index contributed by atoms with van der Waals surface area (Å²) in [5.41, 5.74) is 3.11. The molecule has 0 fully saturated rings. The van der Waals surface area contributed by atoms with Gasteiger partial charge in [0.15, 0.2) is 0 Å². The van der Waals surface area contributed by atoms with Crippen LogP contribution < -0.4 is 4.80 Å². The van der Waals surface area contributed by atoms with Gasteiger partial charge in [-0.2, -0.15) is 5.10 Å². The van der Waals surface area contributed by atoms with E-state index in [9.17, 15) is 0 Å². The molecule has 0 spiro atoms. The summed E-state index contributed by atoms with van der Waals surface area (Å²) in [4.78, 5) is 9.60. The highest BCUT2D eigenvalue weighted by Gasteiger charge is 2.08. The molecule has 0 aliphatic heterocycles. The molecular formula is C18H17BrN4S. The van der Waals surface area contributed by atoms with Crippen molar-refractivity contribution in [3.63, 3.8) is 0 Å². The average Bonchev–Trinajstić information content (AvgIpc) is 2.96. The van der Waals surface area contributed by atoms with Gasteiger partial charge in [0.25, 0.3) is 0 Å². The van der Waals surface area contributed by atoms with E-state index in [2.05, 4.69) is 62.4 Å². The van der Waals surface area contributed by atoms with Crippen LogP contribution in [0.2, 0.25) is 0 Å². The molecule has 0 bridgehead atoms. The third-order valence-electron chi connectivity index (χ3n) is 3.20. The van der Waals surface area contributed by atoms with Crippen molar-refractivity contribution >= 4 is 33.5 Å². The third-order valence-corrected chi connectivity index (χ3v) is 4.53. The van der Waals surface area contributed by atoms with Crippen LogP contribution in [0, 0.1) is 0 Å². The fourth-order valence-electron chi connectivity index (χ4n) is 2.14. The number of hydrogen-bond donors (Lipinski definition) is 0. The standard InChI is InChI=1S/C18H17BrN4S/c1-13(2)22-18-23(21-11-14-6-8-20-9-7-14)17(12-24-18)15-4-3-5-16(19)10-15/h3-13H,1-2H3. The molecule has 0 amide bonds. The number of benzene rings is 1. The highest BCUT2D eigenvalue weighted by atomic mass is 79.9. The van der Waals surface area contributed by atoms with Crippen LogP contribution in [0.5, 0.6) is 0 Å². The second-order valence-electron chi connectivity index (χ2n) is 5.47. The Kier molecular flexibility index (Phi) is 5.37. The SMILES string of the molecule is CC(C)N=c1scc(-c2cccc(Br)c2)n1N=Cc1ccncc1. The summed E-state index contributed by atoms with van der Waals surface area (Å²) >= 11 is 5.13. The van der Waals surface area contributed by atoms with E-state index in [4.69, 9.17) is 0 Å². The van der Waals surface area contributed by atoms with Gasteiger partial charge in [-0.05, 0) is 43.7 Å². The predicted octanol–water partition coefficient (Wildman–Crippen LogP) is 4.57. The van der Waals surface area contributed by atoms with Crippen LogP contribution >= 0.6 is 27.3 Å². The first-order chi connectivity index (χ1) is 11.6. The number of pyridine rings is 1. The first-order valence-corrected chi connectivity index (χ1v) is 9.25. The molecule has 6 heteroatoms. The Morgan fingerprint density at radius 3 is 2.71 bits per heavy atom. The van der Waals surface area contributed by atoms with E-state index in [0.717, 1.165) is 26.1 Å². The molecule has 3 rings (SSSR count). The van der Waals surface area contributed by atoms with Crippen molar-refractivity contribution in [2.75, 3.05) is 0 Å². The molecule has 0 radical (unpaired) electrons. The van der Waals surface area contributed by atoms with E-state index in [1.165, 1.54) is 0 Å². The molecule has 0 saturated heterocycles. The number of halogens is 1. The number of hydrogen-bond acceptors (Lipinski definition) is 4. The third kappa shape index (κ3) is 4.07. The maximum Gasteiger partial charge on any atom is 0.206 e. The van der Waals surface area contributed by atoms with Gasteiger partial charge in [0, 0.05) is 33.9 Å². The van der Waals surface area contributed by atoms with Crippen LogP contribution in [-0.4, -0.2) is 21.9 Å². The van der Waals surface area contributed by atoms with Crippen LogP contribution in [-0.2, 0) is 0 Å². The van der Waals surface area contributed by atoms with E-state index in [-0.39, 0.29) is 6.04 Å². The molecule has 0 N–H and O–H groups in total.